The van der Waals surface area contributed by atoms with Crippen LogP contribution in [0.3, 0.4) is 0 Å². The van der Waals surface area contributed by atoms with Crippen molar-refractivity contribution in [2.24, 2.45) is 0 Å². The Labute approximate surface area is 144 Å². The number of hydrogen-bond donors (Lipinski definition) is 1. The molecule has 0 saturated heterocycles. The Morgan fingerprint density at radius 3 is 2.04 bits per heavy atom. The quantitative estimate of drug-likeness (QED) is 0.868. The molecule has 0 aromatic heterocycles. The minimum Gasteiger partial charge on any atom is -0.334 e. The molecule has 0 saturated carbocycles. The highest BCUT2D eigenvalue weighted by Crippen LogP contribution is 2.32. The first kappa shape index (κ1) is 17.5. The maximum atomic E-state index is 12.5. The number of rotatable bonds is 4. The first-order chi connectivity index (χ1) is 10.8. The standard InChI is InChI=1S/C19H22N2O.ClH/c1-20-12-6-11-19(22)21-13-15-7-2-4-9-17(15)18-10-5-3-8-16(18)14-21;/h2-5,7-10,20H,6,11-14H2,1H3;1H. The predicted octanol–water partition coefficient (Wildman–Crippen LogP) is 3.62. The van der Waals surface area contributed by atoms with Gasteiger partial charge in [-0.25, -0.2) is 0 Å². The van der Waals surface area contributed by atoms with E-state index in [1.807, 2.05) is 11.9 Å². The van der Waals surface area contributed by atoms with Crippen molar-refractivity contribution >= 4 is 18.3 Å². The van der Waals surface area contributed by atoms with Crippen LogP contribution in [-0.2, 0) is 17.9 Å². The Morgan fingerprint density at radius 1 is 1.00 bits per heavy atom. The fourth-order valence-electron chi connectivity index (χ4n) is 3.06. The van der Waals surface area contributed by atoms with E-state index in [4.69, 9.17) is 0 Å². The molecule has 2 aromatic rings. The minimum absolute atomic E-state index is 0. The first-order valence-corrected chi connectivity index (χ1v) is 7.88. The summed E-state index contributed by atoms with van der Waals surface area (Å²) in [4.78, 5) is 14.5. The molecule has 0 bridgehead atoms. The molecule has 3 nitrogen and oxygen atoms in total. The SMILES string of the molecule is CNCCCC(=O)N1Cc2ccccc2-c2ccccc2C1.Cl. The van der Waals surface area contributed by atoms with E-state index >= 15 is 0 Å². The number of fused-ring (bicyclic) bond motifs is 3. The summed E-state index contributed by atoms with van der Waals surface area (Å²) in [5, 5.41) is 3.10. The lowest BCUT2D eigenvalue weighted by Crippen LogP contribution is -2.29. The van der Waals surface area contributed by atoms with Crippen LogP contribution in [0.4, 0.5) is 0 Å². The van der Waals surface area contributed by atoms with Crippen molar-refractivity contribution in [1.29, 1.82) is 0 Å². The van der Waals surface area contributed by atoms with Crippen molar-refractivity contribution in [3.05, 3.63) is 59.7 Å². The van der Waals surface area contributed by atoms with E-state index < -0.39 is 0 Å². The highest BCUT2D eigenvalue weighted by atomic mass is 35.5. The topological polar surface area (TPSA) is 32.3 Å². The van der Waals surface area contributed by atoms with Gasteiger partial charge in [-0.2, -0.15) is 0 Å². The maximum Gasteiger partial charge on any atom is 0.223 e. The highest BCUT2D eigenvalue weighted by Gasteiger charge is 2.21. The van der Waals surface area contributed by atoms with Crippen LogP contribution >= 0.6 is 12.4 Å². The lowest BCUT2D eigenvalue weighted by Gasteiger charge is -2.21. The molecule has 4 heteroatoms. The number of benzene rings is 2. The van der Waals surface area contributed by atoms with E-state index in [9.17, 15) is 4.79 Å². The Kier molecular flexibility index (Phi) is 6.20. The van der Waals surface area contributed by atoms with Crippen LogP contribution in [0.5, 0.6) is 0 Å². The molecule has 0 radical (unpaired) electrons. The molecule has 3 rings (SSSR count). The Bertz CT molecular complexity index is 624. The molecule has 0 unspecified atom stereocenters. The molecule has 1 aliphatic heterocycles. The summed E-state index contributed by atoms with van der Waals surface area (Å²) in [5.74, 6) is 0.238. The van der Waals surface area contributed by atoms with Gasteiger partial charge in [0, 0.05) is 19.5 Å². The second-order valence-corrected chi connectivity index (χ2v) is 5.77. The zero-order chi connectivity index (χ0) is 15.4. The minimum atomic E-state index is 0. The summed E-state index contributed by atoms with van der Waals surface area (Å²) in [6.45, 7) is 2.28. The maximum absolute atomic E-state index is 12.5. The van der Waals surface area contributed by atoms with Gasteiger partial charge in [-0.1, -0.05) is 48.5 Å². The molecule has 23 heavy (non-hydrogen) atoms. The van der Waals surface area contributed by atoms with Crippen LogP contribution < -0.4 is 5.32 Å². The molecule has 0 aliphatic carbocycles. The van der Waals surface area contributed by atoms with Gasteiger partial charge in [-0.15, -0.1) is 12.4 Å². The first-order valence-electron chi connectivity index (χ1n) is 7.88. The molecule has 1 amide bonds. The van der Waals surface area contributed by atoms with Gasteiger partial charge in [0.05, 0.1) is 0 Å². The Hall–Kier alpha value is -1.84. The van der Waals surface area contributed by atoms with Crippen molar-refractivity contribution in [3.63, 3.8) is 0 Å². The second-order valence-electron chi connectivity index (χ2n) is 5.77. The van der Waals surface area contributed by atoms with Crippen molar-refractivity contribution in [3.8, 4) is 11.1 Å². The lowest BCUT2D eigenvalue weighted by atomic mass is 9.97. The van der Waals surface area contributed by atoms with E-state index in [2.05, 4.69) is 53.8 Å². The van der Waals surface area contributed by atoms with Crippen LogP contribution in [-0.4, -0.2) is 24.4 Å². The van der Waals surface area contributed by atoms with Gasteiger partial charge in [-0.3, -0.25) is 4.79 Å². The largest absolute Gasteiger partial charge is 0.334 e. The second kappa shape index (κ2) is 8.14. The van der Waals surface area contributed by atoms with Crippen molar-refractivity contribution < 1.29 is 4.79 Å². The molecule has 0 spiro atoms. The number of carbonyl (C=O) groups excluding carboxylic acids is 1. The summed E-state index contributed by atoms with van der Waals surface area (Å²) in [6.07, 6.45) is 1.49. The summed E-state index contributed by atoms with van der Waals surface area (Å²) in [6, 6.07) is 16.8. The van der Waals surface area contributed by atoms with Crippen LogP contribution in [0.2, 0.25) is 0 Å². The van der Waals surface area contributed by atoms with E-state index in [1.165, 1.54) is 22.3 Å². The summed E-state index contributed by atoms with van der Waals surface area (Å²) < 4.78 is 0. The van der Waals surface area contributed by atoms with Crippen LogP contribution in [0, 0.1) is 0 Å². The predicted molar refractivity (Wildman–Crippen MR) is 96.5 cm³/mol. The van der Waals surface area contributed by atoms with Gasteiger partial charge in [0.15, 0.2) is 0 Å². The number of nitrogens with zero attached hydrogens (tertiary/aromatic N) is 1. The summed E-state index contributed by atoms with van der Waals surface area (Å²) >= 11 is 0. The molecule has 0 fully saturated rings. The average Bonchev–Trinajstić information content (AvgIpc) is 2.72. The lowest BCUT2D eigenvalue weighted by molar-refractivity contribution is -0.132. The molecule has 1 N–H and O–H groups in total. The fraction of sp³-hybridized carbons (Fsp3) is 0.316. The van der Waals surface area contributed by atoms with E-state index in [0.717, 1.165) is 13.0 Å². The molecule has 1 aliphatic rings. The summed E-state index contributed by atoms with van der Waals surface area (Å²) in [5.41, 5.74) is 4.97. The zero-order valence-corrected chi connectivity index (χ0v) is 14.2. The zero-order valence-electron chi connectivity index (χ0n) is 13.4. The van der Waals surface area contributed by atoms with Crippen LogP contribution in [0.1, 0.15) is 24.0 Å². The smallest absolute Gasteiger partial charge is 0.223 e. The number of carbonyl (C=O) groups is 1. The monoisotopic (exact) mass is 330 g/mol. The summed E-state index contributed by atoms with van der Waals surface area (Å²) in [7, 11) is 1.92. The third-order valence-electron chi connectivity index (χ3n) is 4.22. The number of amides is 1. The van der Waals surface area contributed by atoms with Gasteiger partial charge < -0.3 is 10.2 Å². The van der Waals surface area contributed by atoms with Gasteiger partial charge in [0.2, 0.25) is 5.91 Å². The highest BCUT2D eigenvalue weighted by molar-refractivity contribution is 5.85. The molecule has 1 heterocycles. The van der Waals surface area contributed by atoms with Crippen molar-refractivity contribution in [1.82, 2.24) is 10.2 Å². The van der Waals surface area contributed by atoms with Crippen molar-refractivity contribution in [2.75, 3.05) is 13.6 Å². The third-order valence-corrected chi connectivity index (χ3v) is 4.22. The molecular weight excluding hydrogens is 308 g/mol. The number of hydrogen-bond acceptors (Lipinski definition) is 2. The third kappa shape index (κ3) is 3.92. The molecular formula is C19H23ClN2O. The van der Waals surface area contributed by atoms with Gasteiger partial charge in [0.25, 0.3) is 0 Å². The Morgan fingerprint density at radius 2 is 1.52 bits per heavy atom. The average molecular weight is 331 g/mol. The van der Waals surface area contributed by atoms with Crippen molar-refractivity contribution in [2.45, 2.75) is 25.9 Å². The number of halogens is 1. The van der Waals surface area contributed by atoms with E-state index in [-0.39, 0.29) is 18.3 Å². The van der Waals surface area contributed by atoms with Crippen LogP contribution in [0.25, 0.3) is 11.1 Å². The van der Waals surface area contributed by atoms with E-state index in [0.29, 0.717) is 19.5 Å². The number of nitrogens with one attached hydrogen (secondary N) is 1. The van der Waals surface area contributed by atoms with Gasteiger partial charge >= 0.3 is 0 Å². The molecule has 2 aromatic carbocycles. The van der Waals surface area contributed by atoms with Gasteiger partial charge in [-0.05, 0) is 42.3 Å². The molecule has 122 valence electrons. The fourth-order valence-corrected chi connectivity index (χ4v) is 3.06. The van der Waals surface area contributed by atoms with Crippen LogP contribution in [0.15, 0.2) is 48.5 Å². The molecule has 0 atom stereocenters. The Balaban J connectivity index is 0.00000192. The van der Waals surface area contributed by atoms with E-state index in [1.54, 1.807) is 0 Å². The normalized spacial score (nSPS) is 12.7. The van der Waals surface area contributed by atoms with Gasteiger partial charge in [0.1, 0.15) is 0 Å².